The van der Waals surface area contributed by atoms with Crippen LogP contribution in [0.5, 0.6) is 0 Å². The van der Waals surface area contributed by atoms with E-state index < -0.39 is 25.5 Å². The molecule has 9 nitrogen and oxygen atoms in total. The number of anilines is 1. The third-order valence-electron chi connectivity index (χ3n) is 3.46. The molecule has 1 aromatic heterocycles. The molecule has 0 bridgehead atoms. The number of nitro groups is 1. The highest BCUT2D eigenvalue weighted by atomic mass is 35.5. The Morgan fingerprint density at radius 2 is 1.93 bits per heavy atom. The Balaban J connectivity index is 1.82. The van der Waals surface area contributed by atoms with Gasteiger partial charge in [0.1, 0.15) is 6.33 Å². The monoisotopic (exact) mass is 427 g/mol. The SMILES string of the molecule is O=[N+]([O-])c1ccccc1S(=O)(=O)Nc1ncn(Cc2ccc(Cl)cc2Cl)n1. The third-order valence-corrected chi connectivity index (χ3v) is 5.42. The summed E-state index contributed by atoms with van der Waals surface area (Å²) in [5.41, 5.74) is 0.163. The van der Waals surface area contributed by atoms with Crippen molar-refractivity contribution in [1.29, 1.82) is 0 Å². The molecule has 0 saturated carbocycles. The molecule has 0 unspecified atom stereocenters. The number of hydrogen-bond donors (Lipinski definition) is 1. The summed E-state index contributed by atoms with van der Waals surface area (Å²) in [7, 11) is -4.24. The lowest BCUT2D eigenvalue weighted by atomic mass is 10.2. The maximum atomic E-state index is 12.4. The fraction of sp³-hybridized carbons (Fsp3) is 0.0667. The zero-order valence-electron chi connectivity index (χ0n) is 13.4. The summed E-state index contributed by atoms with van der Waals surface area (Å²) in [5.74, 6) is -0.224. The van der Waals surface area contributed by atoms with E-state index in [1.807, 2.05) is 0 Å². The van der Waals surface area contributed by atoms with E-state index in [4.69, 9.17) is 23.2 Å². The smallest absolute Gasteiger partial charge is 0.258 e. The minimum absolute atomic E-state index is 0.224. The van der Waals surface area contributed by atoms with E-state index in [9.17, 15) is 18.5 Å². The Morgan fingerprint density at radius 1 is 1.19 bits per heavy atom. The molecule has 1 heterocycles. The quantitative estimate of drug-likeness (QED) is 0.475. The largest absolute Gasteiger partial charge is 0.289 e. The molecule has 0 saturated heterocycles. The van der Waals surface area contributed by atoms with Gasteiger partial charge in [0.15, 0.2) is 4.90 Å². The van der Waals surface area contributed by atoms with Gasteiger partial charge in [-0.15, -0.1) is 5.10 Å². The number of para-hydroxylation sites is 1. The number of rotatable bonds is 6. The Labute approximate surface area is 163 Å². The summed E-state index contributed by atoms with van der Waals surface area (Å²) in [4.78, 5) is 13.7. The summed E-state index contributed by atoms with van der Waals surface area (Å²) in [6.45, 7) is 0.232. The summed E-state index contributed by atoms with van der Waals surface area (Å²) in [5, 5.41) is 16.0. The number of aromatic nitrogens is 3. The molecule has 2 aromatic carbocycles. The molecule has 0 atom stereocenters. The van der Waals surface area contributed by atoms with Crippen molar-refractivity contribution in [3.8, 4) is 0 Å². The summed E-state index contributed by atoms with van der Waals surface area (Å²) in [6.07, 6.45) is 1.31. The summed E-state index contributed by atoms with van der Waals surface area (Å²) < 4.78 is 28.4. The van der Waals surface area contributed by atoms with Gasteiger partial charge in [0.05, 0.1) is 11.5 Å². The second-order valence-corrected chi connectivity index (χ2v) is 7.83. The lowest BCUT2D eigenvalue weighted by molar-refractivity contribution is -0.387. The van der Waals surface area contributed by atoms with Crippen molar-refractivity contribution in [3.05, 3.63) is 74.5 Å². The van der Waals surface area contributed by atoms with E-state index in [-0.39, 0.29) is 12.5 Å². The van der Waals surface area contributed by atoms with Gasteiger partial charge in [-0.05, 0) is 23.8 Å². The van der Waals surface area contributed by atoms with Crippen LogP contribution in [-0.4, -0.2) is 28.1 Å². The van der Waals surface area contributed by atoms with Crippen molar-refractivity contribution in [2.24, 2.45) is 0 Å². The van der Waals surface area contributed by atoms with Gasteiger partial charge in [0.2, 0.25) is 0 Å². The van der Waals surface area contributed by atoms with Crippen LogP contribution < -0.4 is 4.72 Å². The van der Waals surface area contributed by atoms with Crippen LogP contribution in [-0.2, 0) is 16.6 Å². The molecule has 0 aliphatic heterocycles. The van der Waals surface area contributed by atoms with Crippen LogP contribution >= 0.6 is 23.2 Å². The molecule has 0 amide bonds. The molecule has 27 heavy (non-hydrogen) atoms. The van der Waals surface area contributed by atoms with Crippen LogP contribution in [0.3, 0.4) is 0 Å². The molecular weight excluding hydrogens is 417 g/mol. The Morgan fingerprint density at radius 3 is 2.63 bits per heavy atom. The summed E-state index contributed by atoms with van der Waals surface area (Å²) in [6, 6.07) is 9.94. The topological polar surface area (TPSA) is 120 Å². The molecule has 3 aromatic rings. The first-order valence-corrected chi connectivity index (χ1v) is 9.60. The molecule has 140 valence electrons. The molecule has 0 radical (unpaired) electrons. The second-order valence-electron chi connectivity index (χ2n) is 5.33. The molecular formula is C15H11Cl2N5O4S. The predicted molar refractivity (Wildman–Crippen MR) is 99.5 cm³/mol. The van der Waals surface area contributed by atoms with E-state index in [1.165, 1.54) is 23.1 Å². The maximum Gasteiger partial charge on any atom is 0.289 e. The van der Waals surface area contributed by atoms with E-state index in [2.05, 4.69) is 14.8 Å². The molecule has 3 rings (SSSR count). The molecule has 0 fully saturated rings. The lowest BCUT2D eigenvalue weighted by Gasteiger charge is -2.06. The zero-order chi connectivity index (χ0) is 19.6. The van der Waals surface area contributed by atoms with Gasteiger partial charge in [-0.3, -0.25) is 10.1 Å². The number of nitro benzene ring substituents is 1. The van der Waals surface area contributed by atoms with Crippen molar-refractivity contribution in [2.45, 2.75) is 11.4 Å². The predicted octanol–water partition coefficient (Wildman–Crippen LogP) is 3.34. The Kier molecular flexibility index (Phi) is 5.31. The van der Waals surface area contributed by atoms with Crippen molar-refractivity contribution in [3.63, 3.8) is 0 Å². The molecule has 12 heteroatoms. The number of hydrogen-bond acceptors (Lipinski definition) is 6. The average Bonchev–Trinajstić information content (AvgIpc) is 3.03. The van der Waals surface area contributed by atoms with Crippen molar-refractivity contribution < 1.29 is 13.3 Å². The number of benzene rings is 2. The number of nitrogens with one attached hydrogen (secondary N) is 1. The highest BCUT2D eigenvalue weighted by molar-refractivity contribution is 7.92. The van der Waals surface area contributed by atoms with Gasteiger partial charge in [-0.1, -0.05) is 41.4 Å². The van der Waals surface area contributed by atoms with E-state index in [0.717, 1.165) is 12.1 Å². The first-order valence-electron chi connectivity index (χ1n) is 7.36. The van der Waals surface area contributed by atoms with Crippen molar-refractivity contribution in [1.82, 2.24) is 14.8 Å². The van der Waals surface area contributed by atoms with Gasteiger partial charge in [-0.2, -0.15) is 4.98 Å². The van der Waals surface area contributed by atoms with Crippen molar-refractivity contribution in [2.75, 3.05) is 4.72 Å². The average molecular weight is 428 g/mol. The molecule has 0 aliphatic rings. The third kappa shape index (κ3) is 4.35. The highest BCUT2D eigenvalue weighted by Gasteiger charge is 2.26. The van der Waals surface area contributed by atoms with Gasteiger partial charge < -0.3 is 0 Å². The van der Waals surface area contributed by atoms with Gasteiger partial charge in [-0.25, -0.2) is 17.8 Å². The first kappa shape index (κ1) is 19.1. The zero-order valence-corrected chi connectivity index (χ0v) is 15.7. The van der Waals surface area contributed by atoms with Crippen LogP contribution in [0.2, 0.25) is 10.0 Å². The normalized spacial score (nSPS) is 11.3. The summed E-state index contributed by atoms with van der Waals surface area (Å²) >= 11 is 11.9. The van der Waals surface area contributed by atoms with Gasteiger partial charge in [0, 0.05) is 16.1 Å². The maximum absolute atomic E-state index is 12.4. The van der Waals surface area contributed by atoms with Crippen LogP contribution in [0, 0.1) is 10.1 Å². The molecule has 0 aliphatic carbocycles. The van der Waals surface area contributed by atoms with Crippen LogP contribution in [0.1, 0.15) is 5.56 Å². The fourth-order valence-electron chi connectivity index (χ4n) is 2.25. The first-order chi connectivity index (χ1) is 12.8. The van der Waals surface area contributed by atoms with Gasteiger partial charge in [0.25, 0.3) is 21.7 Å². The van der Waals surface area contributed by atoms with Crippen LogP contribution in [0.4, 0.5) is 11.6 Å². The van der Waals surface area contributed by atoms with Crippen LogP contribution in [0.25, 0.3) is 0 Å². The standard InChI is InChI=1S/C15H11Cl2N5O4S/c16-11-6-5-10(12(17)7-11)8-21-9-18-15(19-21)20-27(25,26)14-4-2-1-3-13(14)22(23)24/h1-7,9H,8H2,(H,19,20). The Hall–Kier alpha value is -2.69. The number of halogens is 2. The lowest BCUT2D eigenvalue weighted by Crippen LogP contribution is -2.16. The van der Waals surface area contributed by atoms with E-state index in [0.29, 0.717) is 15.6 Å². The minimum atomic E-state index is -4.24. The Bertz CT molecular complexity index is 1120. The minimum Gasteiger partial charge on any atom is -0.258 e. The van der Waals surface area contributed by atoms with Gasteiger partial charge >= 0.3 is 0 Å². The number of nitrogens with zero attached hydrogens (tertiary/aromatic N) is 4. The van der Waals surface area contributed by atoms with Crippen LogP contribution in [0.15, 0.2) is 53.7 Å². The fourth-order valence-corrected chi connectivity index (χ4v) is 3.84. The molecule has 0 spiro atoms. The second kappa shape index (κ2) is 7.51. The van der Waals surface area contributed by atoms with E-state index in [1.54, 1.807) is 18.2 Å². The highest BCUT2D eigenvalue weighted by Crippen LogP contribution is 2.25. The van der Waals surface area contributed by atoms with Crippen molar-refractivity contribution >= 4 is 44.9 Å². The molecule has 1 N–H and O–H groups in total. The number of sulfonamides is 1. The van der Waals surface area contributed by atoms with E-state index >= 15 is 0 Å².